The first-order valence-electron chi connectivity index (χ1n) is 7.17. The maximum Gasteiger partial charge on any atom is 0.451 e. The summed E-state index contributed by atoms with van der Waals surface area (Å²) in [6.45, 7) is 1.72. The first-order valence-corrected chi connectivity index (χ1v) is 9.37. The van der Waals surface area contributed by atoms with Gasteiger partial charge in [-0.1, -0.05) is 29.8 Å². The highest BCUT2D eigenvalue weighted by atomic mass is 79.9. The maximum absolute atomic E-state index is 13.4. The van der Waals surface area contributed by atoms with Crippen LogP contribution in [0.3, 0.4) is 0 Å². The van der Waals surface area contributed by atoms with Crippen LogP contribution in [0.4, 0.5) is 13.2 Å². The fourth-order valence-corrected chi connectivity index (χ4v) is 3.58. The zero-order chi connectivity index (χ0) is 19.5. The standard InChI is InChI=1S/C17H14BrF3O4S/c1-11-3-9-14(10-4-11)26(22,23)25-16(17(19,20)21)15(18)12-5-7-13(24-2)8-6-12/h3-10H,1-2H3/b16-15-. The van der Waals surface area contributed by atoms with Crippen molar-refractivity contribution in [2.75, 3.05) is 7.11 Å². The monoisotopic (exact) mass is 450 g/mol. The van der Waals surface area contributed by atoms with Gasteiger partial charge >= 0.3 is 16.3 Å². The van der Waals surface area contributed by atoms with Gasteiger partial charge in [-0.2, -0.15) is 21.6 Å². The molecule has 0 heterocycles. The molecule has 0 spiro atoms. The van der Waals surface area contributed by atoms with Crippen molar-refractivity contribution < 1.29 is 30.5 Å². The molecule has 0 aliphatic carbocycles. The maximum atomic E-state index is 13.4. The molecule has 0 bridgehead atoms. The van der Waals surface area contributed by atoms with Crippen molar-refractivity contribution in [1.82, 2.24) is 0 Å². The number of ether oxygens (including phenoxy) is 1. The Labute approximate surface area is 157 Å². The Balaban J connectivity index is 2.48. The number of rotatable bonds is 5. The van der Waals surface area contributed by atoms with Crippen LogP contribution in [0.5, 0.6) is 5.75 Å². The normalized spacial score (nSPS) is 13.2. The molecule has 0 amide bonds. The third-order valence-corrected chi connectivity index (χ3v) is 5.36. The van der Waals surface area contributed by atoms with E-state index in [2.05, 4.69) is 20.1 Å². The molecule has 2 aromatic carbocycles. The summed E-state index contributed by atoms with van der Waals surface area (Å²) >= 11 is 2.80. The summed E-state index contributed by atoms with van der Waals surface area (Å²) in [5, 5.41) is 0. The summed E-state index contributed by atoms with van der Waals surface area (Å²) in [5.41, 5.74) is 0.840. The third kappa shape index (κ3) is 4.79. The lowest BCUT2D eigenvalue weighted by molar-refractivity contribution is -0.114. The fourth-order valence-electron chi connectivity index (χ4n) is 1.94. The summed E-state index contributed by atoms with van der Waals surface area (Å²) in [6.07, 6.45) is -5.03. The number of methoxy groups -OCH3 is 1. The lowest BCUT2D eigenvalue weighted by Crippen LogP contribution is -2.19. The van der Waals surface area contributed by atoms with Gasteiger partial charge in [-0.25, -0.2) is 0 Å². The van der Waals surface area contributed by atoms with E-state index >= 15 is 0 Å². The molecule has 26 heavy (non-hydrogen) atoms. The van der Waals surface area contributed by atoms with Gasteiger partial charge in [0.05, 0.1) is 11.6 Å². The summed E-state index contributed by atoms with van der Waals surface area (Å²) in [4.78, 5) is -0.375. The second kappa shape index (κ2) is 7.71. The number of hydrogen-bond acceptors (Lipinski definition) is 4. The minimum Gasteiger partial charge on any atom is -0.497 e. The van der Waals surface area contributed by atoms with Crippen molar-refractivity contribution in [2.24, 2.45) is 0 Å². The summed E-state index contributed by atoms with van der Waals surface area (Å²) in [6, 6.07) is 10.9. The minimum atomic E-state index is -5.03. The topological polar surface area (TPSA) is 52.6 Å². The van der Waals surface area contributed by atoms with E-state index in [9.17, 15) is 21.6 Å². The Bertz CT molecular complexity index is 903. The van der Waals surface area contributed by atoms with Crippen molar-refractivity contribution in [1.29, 1.82) is 0 Å². The van der Waals surface area contributed by atoms with E-state index in [1.54, 1.807) is 6.92 Å². The van der Waals surface area contributed by atoms with E-state index in [0.29, 0.717) is 5.75 Å². The van der Waals surface area contributed by atoms with E-state index in [-0.39, 0.29) is 10.5 Å². The highest BCUT2D eigenvalue weighted by molar-refractivity contribution is 9.15. The molecular weight excluding hydrogens is 437 g/mol. The predicted octanol–water partition coefficient (Wildman–Crippen LogP) is 5.03. The Hall–Kier alpha value is -2.00. The number of hydrogen-bond donors (Lipinski definition) is 0. The molecule has 140 valence electrons. The van der Waals surface area contributed by atoms with Crippen LogP contribution >= 0.6 is 15.9 Å². The van der Waals surface area contributed by atoms with Gasteiger partial charge in [-0.3, -0.25) is 0 Å². The SMILES string of the molecule is COc1ccc(/C(Br)=C(/OS(=O)(=O)c2ccc(C)cc2)C(F)(F)F)cc1. The van der Waals surface area contributed by atoms with E-state index < -0.39 is 26.5 Å². The smallest absolute Gasteiger partial charge is 0.451 e. The Morgan fingerprint density at radius 2 is 1.54 bits per heavy atom. The van der Waals surface area contributed by atoms with Gasteiger partial charge < -0.3 is 8.92 Å². The molecule has 2 aromatic rings. The van der Waals surface area contributed by atoms with Crippen molar-refractivity contribution in [2.45, 2.75) is 18.0 Å². The predicted molar refractivity (Wildman–Crippen MR) is 94.3 cm³/mol. The quantitative estimate of drug-likeness (QED) is 0.473. The first kappa shape index (κ1) is 20.3. The molecule has 0 radical (unpaired) electrons. The molecule has 0 unspecified atom stereocenters. The van der Waals surface area contributed by atoms with Crippen LogP contribution in [0, 0.1) is 6.92 Å². The molecule has 0 aliphatic heterocycles. The molecule has 0 fully saturated rings. The van der Waals surface area contributed by atoms with Crippen molar-refractivity contribution in [3.8, 4) is 5.75 Å². The van der Waals surface area contributed by atoms with Gasteiger partial charge in [0.2, 0.25) is 5.76 Å². The first-order chi connectivity index (χ1) is 12.0. The van der Waals surface area contributed by atoms with Gasteiger partial charge in [0.1, 0.15) is 10.6 Å². The Morgan fingerprint density at radius 3 is 2.00 bits per heavy atom. The minimum absolute atomic E-state index is 0.0808. The Kier molecular flexibility index (Phi) is 6.02. The van der Waals surface area contributed by atoms with Crippen LogP contribution in [0.1, 0.15) is 11.1 Å². The van der Waals surface area contributed by atoms with E-state index in [0.717, 1.165) is 5.56 Å². The van der Waals surface area contributed by atoms with Crippen LogP contribution in [-0.4, -0.2) is 21.7 Å². The number of aryl methyl sites for hydroxylation is 1. The molecule has 0 saturated carbocycles. The highest BCUT2D eigenvalue weighted by Gasteiger charge is 2.42. The van der Waals surface area contributed by atoms with Gasteiger partial charge in [-0.15, -0.1) is 0 Å². The number of alkyl halides is 3. The second-order valence-corrected chi connectivity index (χ2v) is 7.56. The molecule has 4 nitrogen and oxygen atoms in total. The van der Waals surface area contributed by atoms with Gasteiger partial charge in [0, 0.05) is 0 Å². The average molecular weight is 451 g/mol. The number of benzene rings is 2. The van der Waals surface area contributed by atoms with Crippen LogP contribution in [-0.2, 0) is 14.3 Å². The summed E-state index contributed by atoms with van der Waals surface area (Å²) < 4.78 is 73.6. The number of halogens is 4. The molecule has 0 aromatic heterocycles. The molecule has 0 atom stereocenters. The van der Waals surface area contributed by atoms with E-state index in [4.69, 9.17) is 4.74 Å². The molecule has 0 N–H and O–H groups in total. The van der Waals surface area contributed by atoms with Crippen molar-refractivity contribution in [3.05, 3.63) is 65.4 Å². The summed E-state index contributed by atoms with van der Waals surface area (Å²) in [5.74, 6) is -1.22. The second-order valence-electron chi connectivity index (χ2n) is 5.22. The van der Waals surface area contributed by atoms with Gasteiger partial charge in [0.25, 0.3) is 0 Å². The van der Waals surface area contributed by atoms with E-state index in [1.807, 2.05) is 0 Å². The molecule has 0 aliphatic rings. The van der Waals surface area contributed by atoms with Gasteiger partial charge in [-0.05, 0) is 52.7 Å². The average Bonchev–Trinajstić information content (AvgIpc) is 2.59. The zero-order valence-corrected chi connectivity index (χ0v) is 16.1. The highest BCUT2D eigenvalue weighted by Crippen LogP contribution is 2.38. The molecular formula is C17H14BrF3O4S. The lowest BCUT2D eigenvalue weighted by atomic mass is 10.2. The molecule has 9 heteroatoms. The largest absolute Gasteiger partial charge is 0.497 e. The lowest BCUT2D eigenvalue weighted by Gasteiger charge is -2.16. The van der Waals surface area contributed by atoms with Crippen LogP contribution in [0.25, 0.3) is 4.48 Å². The van der Waals surface area contributed by atoms with Gasteiger partial charge in [0.15, 0.2) is 0 Å². The zero-order valence-electron chi connectivity index (χ0n) is 13.7. The Morgan fingerprint density at radius 1 is 1.00 bits per heavy atom. The summed E-state index contributed by atoms with van der Waals surface area (Å²) in [7, 11) is -3.24. The molecule has 0 saturated heterocycles. The molecule has 2 rings (SSSR count). The number of allylic oxidation sites excluding steroid dienone is 1. The van der Waals surface area contributed by atoms with Crippen LogP contribution < -0.4 is 4.74 Å². The third-order valence-electron chi connectivity index (χ3n) is 3.30. The fraction of sp³-hybridized carbons (Fsp3) is 0.176. The van der Waals surface area contributed by atoms with E-state index in [1.165, 1.54) is 55.6 Å². The van der Waals surface area contributed by atoms with Crippen molar-refractivity contribution in [3.63, 3.8) is 0 Å². The van der Waals surface area contributed by atoms with Crippen LogP contribution in [0.15, 0.2) is 59.2 Å². The van der Waals surface area contributed by atoms with Crippen molar-refractivity contribution >= 4 is 30.5 Å². The van der Waals surface area contributed by atoms with Crippen LogP contribution in [0.2, 0.25) is 0 Å².